The quantitative estimate of drug-likeness (QED) is 0.316. The van der Waals surface area contributed by atoms with Gasteiger partial charge in [0.2, 0.25) is 0 Å². The third kappa shape index (κ3) is 4.87. The summed E-state index contributed by atoms with van der Waals surface area (Å²) in [7, 11) is 1.66. The van der Waals surface area contributed by atoms with E-state index in [1.165, 1.54) is 28.8 Å². The molecule has 4 aromatic carbocycles. The Balaban J connectivity index is 1.51. The highest BCUT2D eigenvalue weighted by Gasteiger charge is 2.31. The largest absolute Gasteiger partial charge is 0.488 e. The van der Waals surface area contributed by atoms with Gasteiger partial charge >= 0.3 is 5.97 Å². The normalized spacial score (nSPS) is 15.7. The Labute approximate surface area is 212 Å². The van der Waals surface area contributed by atoms with Crippen molar-refractivity contribution in [2.75, 3.05) is 7.05 Å². The molecule has 36 heavy (non-hydrogen) atoms. The van der Waals surface area contributed by atoms with Crippen molar-refractivity contribution in [3.63, 3.8) is 0 Å². The fourth-order valence-electron chi connectivity index (χ4n) is 3.89. The second-order valence-corrected chi connectivity index (χ2v) is 9.21. The van der Waals surface area contributed by atoms with Gasteiger partial charge in [0.15, 0.2) is 5.17 Å². The van der Waals surface area contributed by atoms with E-state index in [2.05, 4.69) is 4.99 Å². The minimum Gasteiger partial charge on any atom is -0.488 e. The summed E-state index contributed by atoms with van der Waals surface area (Å²) in [5.41, 5.74) is 2.48. The molecule has 0 aliphatic carbocycles. The number of benzene rings is 4. The van der Waals surface area contributed by atoms with E-state index < -0.39 is 5.97 Å². The molecule has 0 unspecified atom stereocenters. The van der Waals surface area contributed by atoms with Crippen molar-refractivity contribution in [1.29, 1.82) is 0 Å². The first kappa shape index (κ1) is 23.4. The van der Waals surface area contributed by atoms with Crippen LogP contribution in [0, 0.1) is 0 Å². The van der Waals surface area contributed by atoms with Crippen molar-refractivity contribution in [1.82, 2.24) is 4.90 Å². The van der Waals surface area contributed by atoms with Crippen LogP contribution in [0.25, 0.3) is 16.8 Å². The number of carbonyl (C=O) groups excluding carboxylic acids is 1. The Morgan fingerprint density at radius 3 is 2.58 bits per heavy atom. The van der Waals surface area contributed by atoms with Crippen molar-refractivity contribution < 1.29 is 19.4 Å². The van der Waals surface area contributed by atoms with Crippen LogP contribution in [0.1, 0.15) is 21.5 Å². The Morgan fingerprint density at radius 1 is 1.00 bits per heavy atom. The van der Waals surface area contributed by atoms with Crippen LogP contribution in [0.4, 0.5) is 5.69 Å². The molecular weight excluding hydrogens is 472 g/mol. The summed E-state index contributed by atoms with van der Waals surface area (Å²) in [4.78, 5) is 31.0. The monoisotopic (exact) mass is 494 g/mol. The van der Waals surface area contributed by atoms with E-state index in [1.54, 1.807) is 19.2 Å². The molecule has 178 valence electrons. The van der Waals surface area contributed by atoms with Gasteiger partial charge in [-0.1, -0.05) is 66.7 Å². The number of rotatable bonds is 6. The number of hydrogen-bond acceptors (Lipinski definition) is 5. The minimum absolute atomic E-state index is 0.139. The molecule has 4 aromatic rings. The van der Waals surface area contributed by atoms with Gasteiger partial charge in [0.1, 0.15) is 12.4 Å². The molecule has 0 radical (unpaired) electrons. The third-order valence-electron chi connectivity index (χ3n) is 5.76. The Bertz CT molecular complexity index is 1530. The maximum absolute atomic E-state index is 13.1. The lowest BCUT2D eigenvalue weighted by Gasteiger charge is -2.13. The van der Waals surface area contributed by atoms with Crippen molar-refractivity contribution >= 4 is 51.3 Å². The summed E-state index contributed by atoms with van der Waals surface area (Å²) >= 11 is 1.25. The fraction of sp³-hybridized carbons (Fsp3) is 0.0690. The van der Waals surface area contributed by atoms with E-state index in [9.17, 15) is 14.7 Å². The molecule has 1 saturated heterocycles. The second kappa shape index (κ2) is 10.1. The van der Waals surface area contributed by atoms with E-state index in [4.69, 9.17) is 4.74 Å². The molecule has 5 rings (SSSR count). The summed E-state index contributed by atoms with van der Waals surface area (Å²) < 4.78 is 6.20. The molecule has 1 heterocycles. The highest BCUT2D eigenvalue weighted by atomic mass is 32.2. The minimum atomic E-state index is -1.03. The van der Waals surface area contributed by atoms with Gasteiger partial charge < -0.3 is 9.84 Å². The molecule has 6 nitrogen and oxygen atoms in total. The number of fused-ring (bicyclic) bond motifs is 1. The number of amidine groups is 1. The lowest BCUT2D eigenvalue weighted by molar-refractivity contribution is -0.121. The maximum atomic E-state index is 13.1. The standard InChI is InChI=1S/C29H22N2O4S/c1-31-27(32)26(36-29(31)30-22-12-7-11-21(16-22)28(33)34)17-24-23-13-6-5-10-20(23)14-15-25(24)35-18-19-8-3-2-4-9-19/h2-17H,18H2,1H3,(H,33,34)/b26-17+,30-29?. The Hall–Kier alpha value is -4.36. The second-order valence-electron chi connectivity index (χ2n) is 8.20. The molecular formula is C29H22N2O4S. The molecule has 0 saturated carbocycles. The van der Waals surface area contributed by atoms with Gasteiger partial charge in [-0.2, -0.15) is 0 Å². The molecule has 1 fully saturated rings. The number of likely N-dealkylation sites (N-methyl/N-ethyl adjacent to an activating group) is 1. The van der Waals surface area contributed by atoms with Crippen LogP contribution < -0.4 is 4.74 Å². The zero-order valence-electron chi connectivity index (χ0n) is 19.4. The topological polar surface area (TPSA) is 79.2 Å². The van der Waals surface area contributed by atoms with Gasteiger partial charge in [-0.25, -0.2) is 9.79 Å². The maximum Gasteiger partial charge on any atom is 0.335 e. The van der Waals surface area contributed by atoms with Crippen molar-refractivity contribution in [3.8, 4) is 5.75 Å². The molecule has 7 heteroatoms. The number of carbonyl (C=O) groups is 2. The molecule has 1 aliphatic heterocycles. The van der Waals surface area contributed by atoms with Crippen LogP contribution in [0.5, 0.6) is 5.75 Å². The Morgan fingerprint density at radius 2 is 1.78 bits per heavy atom. The van der Waals surface area contributed by atoms with Gasteiger partial charge in [-0.3, -0.25) is 9.69 Å². The molecule has 1 amide bonds. The lowest BCUT2D eigenvalue weighted by atomic mass is 10.0. The molecule has 0 atom stereocenters. The van der Waals surface area contributed by atoms with Crippen LogP contribution >= 0.6 is 11.8 Å². The van der Waals surface area contributed by atoms with Crippen LogP contribution in [0.15, 0.2) is 101 Å². The number of aromatic carboxylic acids is 1. The number of thioether (sulfide) groups is 1. The zero-order valence-corrected chi connectivity index (χ0v) is 20.2. The predicted octanol–water partition coefficient (Wildman–Crippen LogP) is 6.35. The number of nitrogens with zero attached hydrogens (tertiary/aromatic N) is 2. The van der Waals surface area contributed by atoms with E-state index in [0.717, 1.165) is 21.9 Å². The summed E-state index contributed by atoms with van der Waals surface area (Å²) in [5, 5.41) is 11.8. The number of amides is 1. The molecule has 0 spiro atoms. The average Bonchev–Trinajstić information content (AvgIpc) is 3.16. The number of aliphatic imine (C=N–C) groups is 1. The van der Waals surface area contributed by atoms with E-state index in [1.807, 2.05) is 72.8 Å². The first-order chi connectivity index (χ1) is 17.5. The molecule has 0 bridgehead atoms. The van der Waals surface area contributed by atoms with E-state index in [0.29, 0.717) is 28.1 Å². The highest BCUT2D eigenvalue weighted by molar-refractivity contribution is 8.18. The SMILES string of the molecule is CN1C(=O)/C(=C\c2c(OCc3ccccc3)ccc3ccccc23)SC1=Nc1cccc(C(=O)O)c1. The van der Waals surface area contributed by atoms with Gasteiger partial charge in [0, 0.05) is 12.6 Å². The number of carboxylic acid groups (broad SMARTS) is 1. The summed E-state index contributed by atoms with van der Waals surface area (Å²) in [6, 6.07) is 28.2. The van der Waals surface area contributed by atoms with Gasteiger partial charge in [-0.15, -0.1) is 0 Å². The van der Waals surface area contributed by atoms with Crippen molar-refractivity contribution in [2.45, 2.75) is 6.61 Å². The first-order valence-corrected chi connectivity index (χ1v) is 12.1. The summed E-state index contributed by atoms with van der Waals surface area (Å²) in [6.45, 7) is 0.406. The van der Waals surface area contributed by atoms with E-state index in [-0.39, 0.29) is 11.5 Å². The molecule has 1 N–H and O–H groups in total. The lowest BCUT2D eigenvalue weighted by Crippen LogP contribution is -2.23. The van der Waals surface area contributed by atoms with Crippen molar-refractivity contribution in [2.24, 2.45) is 4.99 Å². The third-order valence-corrected chi connectivity index (χ3v) is 6.82. The molecule has 0 aromatic heterocycles. The predicted molar refractivity (Wildman–Crippen MR) is 144 cm³/mol. The van der Waals surface area contributed by atoms with Crippen molar-refractivity contribution in [3.05, 3.63) is 113 Å². The summed E-state index contributed by atoms with van der Waals surface area (Å²) in [5.74, 6) is -0.532. The Kier molecular flexibility index (Phi) is 6.56. The van der Waals surface area contributed by atoms with E-state index >= 15 is 0 Å². The van der Waals surface area contributed by atoms with Crippen LogP contribution in [-0.4, -0.2) is 34.1 Å². The van der Waals surface area contributed by atoms with Gasteiger partial charge in [0.25, 0.3) is 5.91 Å². The fourth-order valence-corrected chi connectivity index (χ4v) is 4.86. The van der Waals surface area contributed by atoms with Gasteiger partial charge in [0.05, 0.1) is 16.2 Å². The van der Waals surface area contributed by atoms with Gasteiger partial charge in [-0.05, 0) is 58.4 Å². The highest BCUT2D eigenvalue weighted by Crippen LogP contribution is 2.37. The molecule has 1 aliphatic rings. The van der Waals surface area contributed by atoms with Crippen LogP contribution in [0.2, 0.25) is 0 Å². The first-order valence-electron chi connectivity index (χ1n) is 11.3. The average molecular weight is 495 g/mol. The smallest absolute Gasteiger partial charge is 0.335 e. The number of carboxylic acids is 1. The zero-order chi connectivity index (χ0) is 25.1. The van der Waals surface area contributed by atoms with Crippen LogP contribution in [0.3, 0.4) is 0 Å². The number of hydrogen-bond donors (Lipinski definition) is 1. The van der Waals surface area contributed by atoms with Crippen LogP contribution in [-0.2, 0) is 11.4 Å². The number of ether oxygens (including phenoxy) is 1. The summed E-state index contributed by atoms with van der Waals surface area (Å²) in [6.07, 6.45) is 1.85.